The molecule has 0 fully saturated rings. The van der Waals surface area contributed by atoms with E-state index in [-0.39, 0.29) is 22.9 Å². The monoisotopic (exact) mass is 465 g/mol. The number of nitrogens with zero attached hydrogens (tertiary/aromatic N) is 1. The van der Waals surface area contributed by atoms with Gasteiger partial charge in [-0.15, -0.1) is 0 Å². The van der Waals surface area contributed by atoms with Crippen LogP contribution in [0.5, 0.6) is 0 Å². The number of carbonyl (C=O) groups is 1. The number of nitrogens with one attached hydrogen (secondary N) is 2. The van der Waals surface area contributed by atoms with Gasteiger partial charge in [0.25, 0.3) is 0 Å². The highest BCUT2D eigenvalue weighted by Crippen LogP contribution is 2.19. The second kappa shape index (κ2) is 9.25. The van der Waals surface area contributed by atoms with Gasteiger partial charge in [-0.2, -0.15) is 4.72 Å². The van der Waals surface area contributed by atoms with Crippen LogP contribution in [-0.2, 0) is 28.4 Å². The van der Waals surface area contributed by atoms with Gasteiger partial charge >= 0.3 is 5.76 Å². The number of halogens is 1. The predicted molar refractivity (Wildman–Crippen MR) is 118 cm³/mol. The first-order valence-electron chi connectivity index (χ1n) is 9.71. The van der Waals surface area contributed by atoms with Gasteiger partial charge in [0.05, 0.1) is 10.4 Å². The zero-order valence-electron chi connectivity index (χ0n) is 17.4. The zero-order valence-corrected chi connectivity index (χ0v) is 19.0. The first-order chi connectivity index (χ1) is 14.6. The van der Waals surface area contributed by atoms with Crippen molar-refractivity contribution < 1.29 is 17.6 Å². The van der Waals surface area contributed by atoms with E-state index in [4.69, 9.17) is 16.0 Å². The molecule has 0 saturated heterocycles. The molecule has 0 aliphatic carbocycles. The first kappa shape index (κ1) is 23.1. The largest absolute Gasteiger partial charge is 0.419 e. The fraction of sp³-hybridized carbons (Fsp3) is 0.333. The van der Waals surface area contributed by atoms with Gasteiger partial charge < -0.3 is 9.73 Å². The van der Waals surface area contributed by atoms with E-state index in [1.165, 1.54) is 29.8 Å². The molecule has 31 heavy (non-hydrogen) atoms. The van der Waals surface area contributed by atoms with Crippen molar-refractivity contribution in [2.45, 2.75) is 37.8 Å². The van der Waals surface area contributed by atoms with Crippen molar-refractivity contribution in [3.8, 4) is 0 Å². The third-order valence-electron chi connectivity index (χ3n) is 4.81. The fourth-order valence-electron chi connectivity index (χ4n) is 3.16. The number of benzene rings is 2. The average molecular weight is 466 g/mol. The van der Waals surface area contributed by atoms with E-state index in [1.54, 1.807) is 24.3 Å². The molecule has 1 aromatic heterocycles. The topological polar surface area (TPSA) is 110 Å². The summed E-state index contributed by atoms with van der Waals surface area (Å²) in [5.41, 5.74) is 1.35. The van der Waals surface area contributed by atoms with Crippen LogP contribution in [-0.4, -0.2) is 24.9 Å². The third kappa shape index (κ3) is 5.36. The summed E-state index contributed by atoms with van der Waals surface area (Å²) in [6.07, 6.45) is 0.302. The lowest BCUT2D eigenvalue weighted by Crippen LogP contribution is -2.47. The van der Waals surface area contributed by atoms with Crippen molar-refractivity contribution in [1.82, 2.24) is 14.6 Å². The smallest absolute Gasteiger partial charge is 0.408 e. The molecule has 0 radical (unpaired) electrons. The van der Waals surface area contributed by atoms with E-state index in [9.17, 15) is 18.0 Å². The van der Waals surface area contributed by atoms with Crippen molar-refractivity contribution in [2.24, 2.45) is 13.0 Å². The Morgan fingerprint density at radius 2 is 1.90 bits per heavy atom. The molecule has 2 N–H and O–H groups in total. The molecular weight excluding hydrogens is 442 g/mol. The molecule has 1 heterocycles. The van der Waals surface area contributed by atoms with Crippen molar-refractivity contribution in [3.05, 3.63) is 63.6 Å². The number of rotatable bonds is 8. The second-order valence-electron chi connectivity index (χ2n) is 7.67. The number of aryl methyl sites for hydroxylation is 1. The minimum Gasteiger partial charge on any atom is -0.408 e. The van der Waals surface area contributed by atoms with E-state index in [0.29, 0.717) is 17.0 Å². The summed E-state index contributed by atoms with van der Waals surface area (Å²) >= 11 is 6.12. The Hall–Kier alpha value is -2.62. The number of aromatic nitrogens is 1. The molecule has 0 aliphatic heterocycles. The number of sulfonamides is 1. The molecule has 2 aromatic carbocycles. The zero-order chi connectivity index (χ0) is 22.8. The summed E-state index contributed by atoms with van der Waals surface area (Å²) in [6, 6.07) is 10.2. The maximum atomic E-state index is 13.0. The quantitative estimate of drug-likeness (QED) is 0.531. The van der Waals surface area contributed by atoms with Gasteiger partial charge in [0.15, 0.2) is 5.58 Å². The Labute approximate surface area is 185 Å². The summed E-state index contributed by atoms with van der Waals surface area (Å²) in [7, 11) is -2.51. The molecule has 1 atom stereocenters. The number of hydrogen-bond donors (Lipinski definition) is 2. The molecule has 0 bridgehead atoms. The SMILES string of the molecule is CC(C)C[C@H](NS(=O)(=O)c1ccc2c(c1)oc(=O)n2C)C(=O)NCc1ccccc1Cl. The molecule has 0 spiro atoms. The predicted octanol–water partition coefficient (Wildman–Crippen LogP) is 2.79. The molecule has 8 nitrogen and oxygen atoms in total. The highest BCUT2D eigenvalue weighted by molar-refractivity contribution is 7.89. The van der Waals surface area contributed by atoms with E-state index >= 15 is 0 Å². The van der Waals surface area contributed by atoms with Crippen molar-refractivity contribution in [3.63, 3.8) is 0 Å². The van der Waals surface area contributed by atoms with Crippen LogP contribution in [0.4, 0.5) is 0 Å². The minimum atomic E-state index is -4.04. The highest BCUT2D eigenvalue weighted by atomic mass is 35.5. The van der Waals surface area contributed by atoms with Gasteiger partial charge in [-0.1, -0.05) is 43.6 Å². The van der Waals surface area contributed by atoms with Crippen LogP contribution in [0.2, 0.25) is 5.02 Å². The Balaban J connectivity index is 1.81. The number of fused-ring (bicyclic) bond motifs is 1. The van der Waals surface area contributed by atoms with E-state index in [0.717, 1.165) is 5.56 Å². The highest BCUT2D eigenvalue weighted by Gasteiger charge is 2.27. The van der Waals surface area contributed by atoms with Crippen molar-refractivity contribution in [1.29, 1.82) is 0 Å². The number of carbonyl (C=O) groups excluding carboxylic acids is 1. The maximum absolute atomic E-state index is 13.0. The number of oxazole rings is 1. The summed E-state index contributed by atoms with van der Waals surface area (Å²) in [5, 5.41) is 3.26. The number of hydrogen-bond acceptors (Lipinski definition) is 5. The second-order valence-corrected chi connectivity index (χ2v) is 9.79. The lowest BCUT2D eigenvalue weighted by atomic mass is 10.0. The minimum absolute atomic E-state index is 0.0633. The van der Waals surface area contributed by atoms with Crippen LogP contribution < -0.4 is 15.8 Å². The van der Waals surface area contributed by atoms with Crippen molar-refractivity contribution in [2.75, 3.05) is 0 Å². The molecule has 10 heteroatoms. The third-order valence-corrected chi connectivity index (χ3v) is 6.64. The van der Waals surface area contributed by atoms with E-state index in [1.807, 2.05) is 13.8 Å². The van der Waals surface area contributed by atoms with Crippen LogP contribution in [0.3, 0.4) is 0 Å². The Bertz CT molecular complexity index is 1260. The summed E-state index contributed by atoms with van der Waals surface area (Å²) < 4.78 is 34.7. The molecule has 0 aliphatic rings. The normalized spacial score (nSPS) is 12.9. The lowest BCUT2D eigenvalue weighted by molar-refractivity contribution is -0.123. The maximum Gasteiger partial charge on any atom is 0.419 e. The summed E-state index contributed by atoms with van der Waals surface area (Å²) in [5.74, 6) is -0.980. The first-order valence-corrected chi connectivity index (χ1v) is 11.6. The molecular formula is C21H24ClN3O5S. The van der Waals surface area contributed by atoms with Crippen LogP contribution in [0.15, 0.2) is 56.6 Å². The van der Waals surface area contributed by atoms with Crippen LogP contribution in [0.25, 0.3) is 11.1 Å². The van der Waals surface area contributed by atoms with Gasteiger partial charge in [-0.3, -0.25) is 9.36 Å². The molecule has 166 valence electrons. The Morgan fingerprint density at radius 3 is 2.58 bits per heavy atom. The Kier molecular flexibility index (Phi) is 6.88. The van der Waals surface area contributed by atoms with Crippen LogP contribution >= 0.6 is 11.6 Å². The van der Waals surface area contributed by atoms with Gasteiger partial charge in [0.1, 0.15) is 6.04 Å². The molecule has 3 aromatic rings. The van der Waals surface area contributed by atoms with Gasteiger partial charge in [-0.05, 0) is 36.1 Å². The summed E-state index contributed by atoms with van der Waals surface area (Å²) in [4.78, 5) is 24.4. The Morgan fingerprint density at radius 1 is 1.19 bits per heavy atom. The molecule has 3 rings (SSSR count). The van der Waals surface area contributed by atoms with Gasteiger partial charge in [-0.25, -0.2) is 13.2 Å². The average Bonchev–Trinajstić information content (AvgIpc) is 2.99. The van der Waals surface area contributed by atoms with Crippen LogP contribution in [0, 0.1) is 5.92 Å². The van der Waals surface area contributed by atoms with E-state index in [2.05, 4.69) is 10.0 Å². The van der Waals surface area contributed by atoms with Crippen LogP contribution in [0.1, 0.15) is 25.8 Å². The van der Waals surface area contributed by atoms with Crippen molar-refractivity contribution >= 4 is 38.6 Å². The van der Waals surface area contributed by atoms with Gasteiger partial charge in [0, 0.05) is 24.7 Å². The van der Waals surface area contributed by atoms with E-state index < -0.39 is 27.7 Å². The molecule has 0 unspecified atom stereocenters. The summed E-state index contributed by atoms with van der Waals surface area (Å²) in [6.45, 7) is 3.97. The standard InChI is InChI=1S/C21H24ClN3O5S/c1-13(2)10-17(20(26)23-12-14-6-4-5-7-16(14)22)24-31(28,29)15-8-9-18-19(11-15)30-21(27)25(18)3/h4-9,11,13,17,24H,10,12H2,1-3H3,(H,23,26)/t17-/m0/s1. The molecule has 0 saturated carbocycles. The van der Waals surface area contributed by atoms with Gasteiger partial charge in [0.2, 0.25) is 15.9 Å². The molecule has 1 amide bonds. The lowest BCUT2D eigenvalue weighted by Gasteiger charge is -2.20. The number of amides is 1. The fourth-order valence-corrected chi connectivity index (χ4v) is 4.59.